The molecular weight excluding hydrogens is 231 g/mol. The summed E-state index contributed by atoms with van der Waals surface area (Å²) in [6, 6.07) is 2.42. The Labute approximate surface area is 100 Å². The van der Waals surface area contributed by atoms with Crippen LogP contribution in [0.5, 0.6) is 0 Å². The first-order valence-electron chi connectivity index (χ1n) is 5.17. The van der Waals surface area contributed by atoms with Gasteiger partial charge in [-0.15, -0.1) is 0 Å². The maximum absolute atomic E-state index is 6.09. The fourth-order valence-corrected chi connectivity index (χ4v) is 2.20. The number of halogens is 2. The Bertz CT molecular complexity index is 350. The van der Waals surface area contributed by atoms with Crippen LogP contribution in [0, 0.1) is 0 Å². The molecule has 0 radical (unpaired) electrons. The molecule has 1 aromatic rings. The lowest BCUT2D eigenvalue weighted by Gasteiger charge is -2.34. The van der Waals surface area contributed by atoms with Crippen molar-refractivity contribution in [1.82, 2.24) is 9.88 Å². The molecule has 4 heteroatoms. The Morgan fingerprint density at radius 2 is 2.20 bits per heavy atom. The minimum atomic E-state index is 0.454. The molecule has 1 fully saturated rings. The van der Waals surface area contributed by atoms with Gasteiger partial charge in [-0.2, -0.15) is 0 Å². The molecule has 0 atom stereocenters. The van der Waals surface area contributed by atoms with Gasteiger partial charge in [0.05, 0.1) is 0 Å². The monoisotopic (exact) mass is 244 g/mol. The summed E-state index contributed by atoms with van der Waals surface area (Å²) < 4.78 is 0. The predicted octanol–water partition coefficient (Wildman–Crippen LogP) is 3.37. The van der Waals surface area contributed by atoms with Gasteiger partial charge >= 0.3 is 0 Å². The van der Waals surface area contributed by atoms with E-state index in [1.165, 1.54) is 19.3 Å². The maximum Gasteiger partial charge on any atom is 0.130 e. The Hall–Kier alpha value is -0.310. The zero-order chi connectivity index (χ0) is 10.8. The molecule has 0 bridgehead atoms. The van der Waals surface area contributed by atoms with Crippen molar-refractivity contribution in [1.29, 1.82) is 0 Å². The number of rotatable bonds is 3. The van der Waals surface area contributed by atoms with Crippen molar-refractivity contribution in [2.45, 2.75) is 31.8 Å². The third kappa shape index (κ3) is 2.63. The van der Waals surface area contributed by atoms with Crippen LogP contribution in [-0.2, 0) is 6.54 Å². The van der Waals surface area contributed by atoms with E-state index in [2.05, 4.69) is 16.9 Å². The van der Waals surface area contributed by atoms with Gasteiger partial charge in [0, 0.05) is 29.4 Å². The molecule has 15 heavy (non-hydrogen) atoms. The van der Waals surface area contributed by atoms with Crippen molar-refractivity contribution < 1.29 is 0 Å². The van der Waals surface area contributed by atoms with Crippen LogP contribution in [0.3, 0.4) is 0 Å². The molecule has 0 aliphatic heterocycles. The molecule has 0 saturated heterocycles. The summed E-state index contributed by atoms with van der Waals surface area (Å²) in [5, 5.41) is 1.16. The lowest BCUT2D eigenvalue weighted by Crippen LogP contribution is -2.36. The fraction of sp³-hybridized carbons (Fsp3) is 0.545. The quantitative estimate of drug-likeness (QED) is 0.759. The van der Waals surface area contributed by atoms with Gasteiger partial charge in [-0.3, -0.25) is 4.90 Å². The SMILES string of the molecule is CN(Cc1cnc(Cl)cc1Cl)C1CCC1. The van der Waals surface area contributed by atoms with Crippen molar-refractivity contribution in [3.05, 3.63) is 28.0 Å². The van der Waals surface area contributed by atoms with Crippen LogP contribution in [-0.4, -0.2) is 23.0 Å². The lowest BCUT2D eigenvalue weighted by atomic mass is 9.92. The molecule has 2 nitrogen and oxygen atoms in total. The Morgan fingerprint density at radius 3 is 2.73 bits per heavy atom. The summed E-state index contributed by atoms with van der Waals surface area (Å²) in [5.41, 5.74) is 1.05. The van der Waals surface area contributed by atoms with E-state index in [1.807, 2.05) is 0 Å². The maximum atomic E-state index is 6.09. The smallest absolute Gasteiger partial charge is 0.130 e. The second kappa shape index (κ2) is 4.69. The van der Waals surface area contributed by atoms with Gasteiger partial charge < -0.3 is 0 Å². The molecular formula is C11H14Cl2N2. The zero-order valence-corrected chi connectivity index (χ0v) is 10.2. The van der Waals surface area contributed by atoms with E-state index < -0.39 is 0 Å². The number of pyridine rings is 1. The molecule has 0 amide bonds. The van der Waals surface area contributed by atoms with E-state index >= 15 is 0 Å². The van der Waals surface area contributed by atoms with Gasteiger partial charge in [-0.05, 0) is 26.0 Å². The van der Waals surface area contributed by atoms with Crippen LogP contribution in [0.1, 0.15) is 24.8 Å². The number of hydrogen-bond donors (Lipinski definition) is 0. The molecule has 1 aromatic heterocycles. The number of hydrogen-bond acceptors (Lipinski definition) is 2. The van der Waals surface area contributed by atoms with Crippen molar-refractivity contribution >= 4 is 23.2 Å². The highest BCUT2D eigenvalue weighted by molar-refractivity contribution is 6.34. The van der Waals surface area contributed by atoms with Crippen molar-refractivity contribution in [2.75, 3.05) is 7.05 Å². The average molecular weight is 245 g/mol. The first kappa shape index (κ1) is 11.2. The molecule has 0 unspecified atom stereocenters. The summed E-state index contributed by atoms with van der Waals surface area (Å²) in [5.74, 6) is 0. The topological polar surface area (TPSA) is 16.1 Å². The third-order valence-electron chi connectivity index (χ3n) is 3.01. The van der Waals surface area contributed by atoms with Crippen LogP contribution in [0.2, 0.25) is 10.2 Å². The van der Waals surface area contributed by atoms with E-state index in [1.54, 1.807) is 12.3 Å². The van der Waals surface area contributed by atoms with Crippen molar-refractivity contribution in [3.63, 3.8) is 0 Å². The van der Waals surface area contributed by atoms with E-state index in [4.69, 9.17) is 23.2 Å². The highest BCUT2D eigenvalue weighted by Crippen LogP contribution is 2.26. The molecule has 1 saturated carbocycles. The molecule has 2 rings (SSSR count). The minimum absolute atomic E-state index is 0.454. The molecule has 0 spiro atoms. The summed E-state index contributed by atoms with van der Waals surface area (Å²) in [6.45, 7) is 0.855. The van der Waals surface area contributed by atoms with E-state index in [-0.39, 0.29) is 0 Å². The third-order valence-corrected chi connectivity index (χ3v) is 3.57. The summed E-state index contributed by atoms with van der Waals surface area (Å²) in [7, 11) is 2.13. The number of nitrogens with zero attached hydrogens (tertiary/aromatic N) is 2. The van der Waals surface area contributed by atoms with Gasteiger partial charge in [0.2, 0.25) is 0 Å². The van der Waals surface area contributed by atoms with Crippen molar-refractivity contribution in [3.8, 4) is 0 Å². The molecule has 82 valence electrons. The second-order valence-corrected chi connectivity index (χ2v) is 4.89. The molecule has 1 aliphatic rings. The van der Waals surface area contributed by atoms with Crippen LogP contribution in [0.25, 0.3) is 0 Å². The molecule has 0 N–H and O–H groups in total. The fourth-order valence-electron chi connectivity index (χ4n) is 1.78. The Kier molecular flexibility index (Phi) is 3.49. The molecule has 1 aliphatic carbocycles. The first-order chi connectivity index (χ1) is 7.16. The average Bonchev–Trinajstić information content (AvgIpc) is 2.07. The van der Waals surface area contributed by atoms with Crippen LogP contribution in [0.15, 0.2) is 12.3 Å². The van der Waals surface area contributed by atoms with Crippen LogP contribution in [0.4, 0.5) is 0 Å². The van der Waals surface area contributed by atoms with Gasteiger partial charge in [-0.1, -0.05) is 29.6 Å². The largest absolute Gasteiger partial charge is 0.299 e. The van der Waals surface area contributed by atoms with E-state index in [9.17, 15) is 0 Å². The van der Waals surface area contributed by atoms with Gasteiger partial charge in [0.1, 0.15) is 5.15 Å². The standard InChI is InChI=1S/C11H14Cl2N2/c1-15(9-3-2-4-9)7-8-6-14-11(13)5-10(8)12/h5-6,9H,2-4,7H2,1H3. The van der Waals surface area contributed by atoms with E-state index in [0.29, 0.717) is 10.2 Å². The Morgan fingerprint density at radius 1 is 1.47 bits per heavy atom. The zero-order valence-electron chi connectivity index (χ0n) is 8.71. The Balaban J connectivity index is 2.03. The van der Waals surface area contributed by atoms with Gasteiger partial charge in [-0.25, -0.2) is 4.98 Å². The highest BCUT2D eigenvalue weighted by Gasteiger charge is 2.22. The van der Waals surface area contributed by atoms with Gasteiger partial charge in [0.25, 0.3) is 0 Å². The normalized spacial score (nSPS) is 16.8. The summed E-state index contributed by atoms with van der Waals surface area (Å²) >= 11 is 11.8. The van der Waals surface area contributed by atoms with Crippen LogP contribution < -0.4 is 0 Å². The predicted molar refractivity (Wildman–Crippen MR) is 63.4 cm³/mol. The molecule has 1 heterocycles. The summed E-state index contributed by atoms with van der Waals surface area (Å²) in [4.78, 5) is 6.38. The summed E-state index contributed by atoms with van der Waals surface area (Å²) in [6.07, 6.45) is 5.71. The van der Waals surface area contributed by atoms with Crippen molar-refractivity contribution in [2.24, 2.45) is 0 Å². The molecule has 0 aromatic carbocycles. The first-order valence-corrected chi connectivity index (χ1v) is 5.92. The second-order valence-electron chi connectivity index (χ2n) is 4.10. The van der Waals surface area contributed by atoms with Crippen LogP contribution >= 0.6 is 23.2 Å². The van der Waals surface area contributed by atoms with Gasteiger partial charge in [0.15, 0.2) is 0 Å². The lowest BCUT2D eigenvalue weighted by molar-refractivity contribution is 0.152. The minimum Gasteiger partial charge on any atom is -0.299 e. The number of aromatic nitrogens is 1. The van der Waals surface area contributed by atoms with E-state index in [0.717, 1.165) is 18.2 Å². The highest BCUT2D eigenvalue weighted by atomic mass is 35.5.